The number of hydrogen-bond acceptors (Lipinski definition) is 4. The molecule has 4 nitrogen and oxygen atoms in total. The minimum absolute atomic E-state index is 0. The summed E-state index contributed by atoms with van der Waals surface area (Å²) >= 11 is 0. The van der Waals surface area contributed by atoms with E-state index in [0.717, 1.165) is 13.8 Å². The van der Waals surface area contributed by atoms with Gasteiger partial charge in [-0.2, -0.15) is 0 Å². The molecule has 0 aliphatic carbocycles. The topological polar surface area (TPSA) is 80.3 Å². The van der Waals surface area contributed by atoms with Gasteiger partial charge in [0.2, 0.25) is 0 Å². The third-order valence-corrected chi connectivity index (χ3v) is 0. The first-order chi connectivity index (χ1) is 3.46. The van der Waals surface area contributed by atoms with Gasteiger partial charge >= 0.3 is 35.6 Å². The average Bonchev–Trinajstić information content (AvgIpc) is 1.25. The summed E-state index contributed by atoms with van der Waals surface area (Å²) in [6.07, 6.45) is 0. The Morgan fingerprint density at radius 3 is 1.00 bits per heavy atom. The van der Waals surface area contributed by atoms with Crippen LogP contribution < -0.4 is 10.2 Å². The molecule has 0 aromatic heterocycles. The van der Waals surface area contributed by atoms with E-state index >= 15 is 0 Å². The van der Waals surface area contributed by atoms with Gasteiger partial charge < -0.3 is 19.8 Å². The number of carboxylic acids is 2. The molecule has 0 aromatic rings. The van der Waals surface area contributed by atoms with Crippen molar-refractivity contribution in [2.75, 3.05) is 0 Å². The number of aliphatic carboxylic acids is 2. The predicted octanol–water partition coefficient (Wildman–Crippen LogP) is -3.14. The second kappa shape index (κ2) is 16.0. The van der Waals surface area contributed by atoms with Crippen molar-refractivity contribution in [1.29, 1.82) is 0 Å². The van der Waals surface area contributed by atoms with E-state index in [1.807, 2.05) is 0 Å². The second-order valence-corrected chi connectivity index (χ2v) is 0.983. The van der Waals surface area contributed by atoms with E-state index in [0.29, 0.717) is 0 Å². The van der Waals surface area contributed by atoms with Gasteiger partial charge in [-0.25, -0.2) is 0 Å². The molecule has 0 fully saturated rings. The van der Waals surface area contributed by atoms with Gasteiger partial charge in [-0.1, -0.05) is 0 Å². The van der Waals surface area contributed by atoms with Crippen molar-refractivity contribution in [3.63, 3.8) is 0 Å². The van der Waals surface area contributed by atoms with Crippen molar-refractivity contribution >= 4 is 30.8 Å². The quantitative estimate of drug-likeness (QED) is 0.373. The first kappa shape index (κ1) is 22.5. The maximum atomic E-state index is 8.89. The third-order valence-electron chi connectivity index (χ3n) is 0. The van der Waals surface area contributed by atoms with Gasteiger partial charge in [0.1, 0.15) is 0 Å². The van der Waals surface area contributed by atoms with Crippen LogP contribution in [0.25, 0.3) is 0 Å². The molecule has 0 saturated heterocycles. The van der Waals surface area contributed by atoms with Crippen LogP contribution in [-0.4, -0.2) is 30.8 Å². The molecular weight excluding hydrogens is 178 g/mol. The summed E-state index contributed by atoms with van der Waals surface area (Å²) in [5, 5.41) is 17.8. The maximum absolute atomic E-state index is 8.89. The summed E-state index contributed by atoms with van der Waals surface area (Å²) in [6, 6.07) is 0. The Morgan fingerprint density at radius 2 is 1.00 bits per heavy atom. The summed E-state index contributed by atoms with van der Waals surface area (Å²) in [5.74, 6) is -2.17. The molecule has 0 aromatic carbocycles. The Kier molecular flexibility index (Phi) is 36.0. The van der Waals surface area contributed by atoms with Gasteiger partial charge in [0.25, 0.3) is 0 Å². The van der Waals surface area contributed by atoms with E-state index < -0.39 is 11.9 Å². The normalized spacial score (nSPS) is 5.00. The molecule has 0 atom stereocenters. The molecule has 0 unspecified atom stereocenters. The van der Waals surface area contributed by atoms with Crippen LogP contribution >= 0.6 is 0 Å². The van der Waals surface area contributed by atoms with Crippen LogP contribution in [0.3, 0.4) is 0 Å². The van der Waals surface area contributed by atoms with Crippen LogP contribution in [0.2, 0.25) is 0 Å². The van der Waals surface area contributed by atoms with Crippen molar-refractivity contribution in [3.05, 3.63) is 0 Å². The summed E-state index contributed by atoms with van der Waals surface area (Å²) in [4.78, 5) is 17.8. The fourth-order valence-corrected chi connectivity index (χ4v) is 0. The molecule has 0 N–H and O–H groups in total. The van der Waals surface area contributed by atoms with Crippen molar-refractivity contribution < 1.29 is 36.6 Å². The van der Waals surface area contributed by atoms with Crippen molar-refractivity contribution in [3.8, 4) is 0 Å². The number of carbonyl (C=O) groups is 2. The van der Waals surface area contributed by atoms with Crippen LogP contribution in [0.15, 0.2) is 0 Å². The summed E-state index contributed by atoms with van der Waals surface area (Å²) < 4.78 is 0. The fraction of sp³-hybridized carbons (Fsp3) is 0.500. The zero-order chi connectivity index (χ0) is 7.15. The zero-order valence-electron chi connectivity index (χ0n) is 4.97. The van der Waals surface area contributed by atoms with Crippen LogP contribution in [-0.2, 0) is 26.4 Å². The van der Waals surface area contributed by atoms with Gasteiger partial charge in [-0.05, 0) is 13.8 Å². The first-order valence-corrected chi connectivity index (χ1v) is 1.82. The van der Waals surface area contributed by atoms with Gasteiger partial charge in [0, 0.05) is 11.9 Å². The van der Waals surface area contributed by atoms with Gasteiger partial charge in [0.05, 0.1) is 0 Å². The first-order valence-electron chi connectivity index (χ1n) is 1.82. The molecule has 0 aliphatic heterocycles. The average molecular weight is 185 g/mol. The predicted molar refractivity (Wildman–Crippen MR) is 28.5 cm³/mol. The zero-order valence-corrected chi connectivity index (χ0v) is 6.01. The van der Waals surface area contributed by atoms with E-state index in [2.05, 4.69) is 0 Å². The number of carboxylic acid groups (broad SMARTS) is 2. The Hall–Kier alpha value is 0.0439. The van der Waals surface area contributed by atoms with Crippen molar-refractivity contribution in [1.82, 2.24) is 0 Å². The number of hydrogen-bond donors (Lipinski definition) is 0. The van der Waals surface area contributed by atoms with Crippen LogP contribution in [0.4, 0.5) is 0 Å². The molecule has 6 heteroatoms. The van der Waals surface area contributed by atoms with E-state index in [9.17, 15) is 0 Å². The van der Waals surface area contributed by atoms with Gasteiger partial charge in [-0.3, -0.25) is 0 Å². The van der Waals surface area contributed by atoms with Gasteiger partial charge in [-0.15, -0.1) is 0 Å². The molecule has 57 valence electrons. The molecule has 0 aliphatic rings. The minimum atomic E-state index is -1.08. The molecule has 0 bridgehead atoms. The number of rotatable bonds is 0. The second-order valence-electron chi connectivity index (χ2n) is 0.983. The molecule has 0 rings (SSSR count). The molecule has 0 spiro atoms. The third kappa shape index (κ3) is 207000. The Morgan fingerprint density at radius 1 is 1.00 bits per heavy atom. The summed E-state index contributed by atoms with van der Waals surface area (Å²) in [5.41, 5.74) is 0. The summed E-state index contributed by atoms with van der Waals surface area (Å²) in [6.45, 7) is 1.94. The standard InChI is InChI=1S/2C2H4O2.Co.Li.H/c2*1-2(3)4;;;/h2*1H3,(H,3,4);;;/q;;+2;;/p-2. The van der Waals surface area contributed by atoms with E-state index in [1.165, 1.54) is 0 Å². The molecule has 1 radical (unpaired) electrons. The SMILES string of the molecule is CC(=O)[O-].CC(=O)[O-].[Co+2].[LiH]. The van der Waals surface area contributed by atoms with E-state index in [1.54, 1.807) is 0 Å². The Labute approximate surface area is 81.4 Å². The van der Waals surface area contributed by atoms with Crippen molar-refractivity contribution in [2.45, 2.75) is 13.8 Å². The van der Waals surface area contributed by atoms with Crippen molar-refractivity contribution in [2.24, 2.45) is 0 Å². The number of carbonyl (C=O) groups excluding carboxylic acids is 2. The van der Waals surface area contributed by atoms with E-state index in [4.69, 9.17) is 19.8 Å². The molecule has 0 heterocycles. The molecule has 0 saturated carbocycles. The molecular formula is C4H7CoLiO4. The van der Waals surface area contributed by atoms with E-state index in [-0.39, 0.29) is 35.6 Å². The molecule has 10 heavy (non-hydrogen) atoms. The monoisotopic (exact) mass is 185 g/mol. The summed E-state index contributed by atoms with van der Waals surface area (Å²) in [7, 11) is 0. The van der Waals surface area contributed by atoms with Crippen LogP contribution in [0, 0.1) is 0 Å². The van der Waals surface area contributed by atoms with Crippen LogP contribution in [0.1, 0.15) is 13.8 Å². The Balaban J connectivity index is -0.0000000300. The Bertz CT molecular complexity index is 75.3. The van der Waals surface area contributed by atoms with Gasteiger partial charge in [0.15, 0.2) is 0 Å². The van der Waals surface area contributed by atoms with Crippen LogP contribution in [0.5, 0.6) is 0 Å². The molecule has 0 amide bonds. The fourth-order valence-electron chi connectivity index (χ4n) is 0.